The zero-order valence-electron chi connectivity index (χ0n) is 11.9. The molecular weight excluding hydrogens is 340 g/mol. The number of hydrogen-bond acceptors (Lipinski definition) is 3. The Bertz CT molecular complexity index is 626. The lowest BCUT2D eigenvalue weighted by molar-refractivity contribution is 0.112. The summed E-state index contributed by atoms with van der Waals surface area (Å²) in [5.74, 6) is 0. The van der Waals surface area contributed by atoms with E-state index in [-0.39, 0.29) is 0 Å². The maximum Gasteiger partial charge on any atom is 0.150 e. The summed E-state index contributed by atoms with van der Waals surface area (Å²) in [4.78, 5) is 10.0. The van der Waals surface area contributed by atoms with Gasteiger partial charge in [0.15, 0.2) is 0 Å². The van der Waals surface area contributed by atoms with Crippen molar-refractivity contribution in [2.24, 2.45) is 0 Å². The first-order chi connectivity index (χ1) is 10.8. The maximum atomic E-state index is 10.0. The molecule has 2 aromatic rings. The van der Waals surface area contributed by atoms with E-state index < -0.39 is 0 Å². The van der Waals surface area contributed by atoms with E-state index in [4.69, 9.17) is 10.5 Å². The monoisotopic (exact) mass is 354 g/mol. The number of halogens is 1. The molecular formula is C18H15BrN2O. The van der Waals surface area contributed by atoms with Gasteiger partial charge in [-0.2, -0.15) is 10.5 Å². The van der Waals surface area contributed by atoms with Gasteiger partial charge in [-0.3, -0.25) is 4.79 Å². The lowest BCUT2D eigenvalue weighted by Crippen LogP contribution is -1.73. The Hall–Kier alpha value is -2.69. The molecule has 0 saturated carbocycles. The third-order valence-electron chi connectivity index (χ3n) is 2.15. The van der Waals surface area contributed by atoms with Crippen molar-refractivity contribution in [1.82, 2.24) is 0 Å². The number of aldehydes is 1. The van der Waals surface area contributed by atoms with Crippen molar-refractivity contribution in [1.29, 1.82) is 10.5 Å². The predicted molar refractivity (Wildman–Crippen MR) is 92.3 cm³/mol. The molecule has 22 heavy (non-hydrogen) atoms. The van der Waals surface area contributed by atoms with Gasteiger partial charge in [-0.05, 0) is 11.6 Å². The van der Waals surface area contributed by atoms with Crippen LogP contribution in [-0.4, -0.2) is 11.6 Å². The van der Waals surface area contributed by atoms with E-state index in [2.05, 4.69) is 15.9 Å². The largest absolute Gasteiger partial charge is 0.298 e. The minimum atomic E-state index is 0.438. The molecule has 0 aromatic heterocycles. The Kier molecular flexibility index (Phi) is 12.9. The van der Waals surface area contributed by atoms with Crippen molar-refractivity contribution >= 4 is 28.3 Å². The van der Waals surface area contributed by atoms with Gasteiger partial charge in [-0.15, -0.1) is 0 Å². The zero-order valence-corrected chi connectivity index (χ0v) is 13.5. The van der Waals surface area contributed by atoms with Crippen molar-refractivity contribution in [3.63, 3.8) is 0 Å². The van der Waals surface area contributed by atoms with E-state index in [0.29, 0.717) is 5.33 Å². The first kappa shape index (κ1) is 19.3. The summed E-state index contributed by atoms with van der Waals surface area (Å²) in [5.41, 5.74) is 1.79. The molecule has 0 N–H and O–H groups in total. The summed E-state index contributed by atoms with van der Waals surface area (Å²) >= 11 is 2.89. The van der Waals surface area contributed by atoms with Gasteiger partial charge in [-0.1, -0.05) is 76.6 Å². The minimum absolute atomic E-state index is 0.438. The van der Waals surface area contributed by atoms with E-state index in [0.717, 1.165) is 17.4 Å². The van der Waals surface area contributed by atoms with Gasteiger partial charge in [0, 0.05) is 11.6 Å². The molecule has 0 unspecified atom stereocenters. The van der Waals surface area contributed by atoms with Gasteiger partial charge in [-0.25, -0.2) is 0 Å². The molecule has 0 bridgehead atoms. The Morgan fingerprint density at radius 2 is 1.36 bits per heavy atom. The summed E-state index contributed by atoms with van der Waals surface area (Å²) in [5, 5.41) is 16.2. The number of carbonyl (C=O) groups is 1. The van der Waals surface area contributed by atoms with Crippen molar-refractivity contribution < 1.29 is 4.79 Å². The standard InChI is InChI=1S/C9H7N.C7H6O.C2H2BrN/c10-8-4-7-9-5-2-1-3-6-9;8-6-7-4-2-1-3-5-7;3-1-2-4/h1-7H;1-6H;1H2. The molecule has 4 heteroatoms. The highest BCUT2D eigenvalue weighted by Gasteiger charge is 1.80. The molecule has 0 heterocycles. The number of hydrogen-bond donors (Lipinski definition) is 0. The van der Waals surface area contributed by atoms with E-state index in [9.17, 15) is 4.79 Å². The fourth-order valence-electron chi connectivity index (χ4n) is 1.23. The Morgan fingerprint density at radius 3 is 1.68 bits per heavy atom. The second-order valence-corrected chi connectivity index (χ2v) is 4.25. The number of nitrogens with zero attached hydrogens (tertiary/aromatic N) is 2. The minimum Gasteiger partial charge on any atom is -0.298 e. The molecule has 3 nitrogen and oxygen atoms in total. The second-order valence-electron chi connectivity index (χ2n) is 3.69. The third-order valence-corrected chi connectivity index (χ3v) is 2.40. The Balaban J connectivity index is 0.000000330. The van der Waals surface area contributed by atoms with Crippen LogP contribution in [0.3, 0.4) is 0 Å². The van der Waals surface area contributed by atoms with E-state index in [1.54, 1.807) is 18.2 Å². The van der Waals surface area contributed by atoms with Crippen LogP contribution in [0.2, 0.25) is 0 Å². The van der Waals surface area contributed by atoms with Gasteiger partial charge >= 0.3 is 0 Å². The third kappa shape index (κ3) is 11.2. The molecule has 110 valence electrons. The summed E-state index contributed by atoms with van der Waals surface area (Å²) in [6.07, 6.45) is 4.08. The molecule has 0 aliphatic carbocycles. The number of rotatable bonds is 2. The van der Waals surface area contributed by atoms with E-state index >= 15 is 0 Å². The van der Waals surface area contributed by atoms with Gasteiger partial charge in [0.1, 0.15) is 6.29 Å². The SMILES string of the molecule is N#CC=Cc1ccccc1.N#CCBr.O=Cc1ccccc1. The van der Waals surface area contributed by atoms with Crippen molar-refractivity contribution in [2.45, 2.75) is 0 Å². The number of nitriles is 2. The van der Waals surface area contributed by atoms with Gasteiger partial charge in [0.25, 0.3) is 0 Å². The molecule has 2 aromatic carbocycles. The molecule has 0 aliphatic rings. The van der Waals surface area contributed by atoms with Gasteiger partial charge < -0.3 is 0 Å². The number of allylic oxidation sites excluding steroid dienone is 1. The number of carbonyl (C=O) groups excluding carboxylic acids is 1. The molecule has 0 fully saturated rings. The van der Waals surface area contributed by atoms with Crippen LogP contribution >= 0.6 is 15.9 Å². The molecule has 0 radical (unpaired) electrons. The van der Waals surface area contributed by atoms with Crippen LogP contribution in [0.1, 0.15) is 15.9 Å². The average Bonchev–Trinajstić information content (AvgIpc) is 2.62. The molecule has 0 atom stereocenters. The Labute approximate surface area is 139 Å². The predicted octanol–water partition coefficient (Wildman–Crippen LogP) is 4.63. The van der Waals surface area contributed by atoms with Crippen molar-refractivity contribution in [3.8, 4) is 12.1 Å². The highest BCUT2D eigenvalue weighted by atomic mass is 79.9. The summed E-state index contributed by atoms with van der Waals surface area (Å²) in [6, 6.07) is 22.6. The second kappa shape index (κ2) is 14.7. The number of benzene rings is 2. The van der Waals surface area contributed by atoms with Crippen LogP contribution in [0.15, 0.2) is 66.7 Å². The van der Waals surface area contributed by atoms with Crippen LogP contribution < -0.4 is 0 Å². The summed E-state index contributed by atoms with van der Waals surface area (Å²) in [7, 11) is 0. The highest BCUT2D eigenvalue weighted by Crippen LogP contribution is 1.99. The average molecular weight is 355 g/mol. The van der Waals surface area contributed by atoms with Crippen LogP contribution in [0, 0.1) is 22.7 Å². The lowest BCUT2D eigenvalue weighted by Gasteiger charge is -1.86. The Morgan fingerprint density at radius 1 is 0.909 bits per heavy atom. The molecule has 0 saturated heterocycles. The fraction of sp³-hybridized carbons (Fsp3) is 0.0556. The first-order valence-electron chi connectivity index (χ1n) is 6.32. The number of alkyl halides is 1. The van der Waals surface area contributed by atoms with Crippen LogP contribution in [-0.2, 0) is 0 Å². The van der Waals surface area contributed by atoms with Crippen LogP contribution in [0.4, 0.5) is 0 Å². The topological polar surface area (TPSA) is 64.7 Å². The molecule has 2 rings (SSSR count). The van der Waals surface area contributed by atoms with Gasteiger partial charge in [0.05, 0.1) is 17.5 Å². The molecule has 0 spiro atoms. The van der Waals surface area contributed by atoms with E-state index in [1.807, 2.05) is 60.7 Å². The molecule has 0 aliphatic heterocycles. The quantitative estimate of drug-likeness (QED) is 0.448. The normalized spacial score (nSPS) is 8.32. The lowest BCUT2D eigenvalue weighted by atomic mass is 10.2. The zero-order chi connectivity index (χ0) is 16.5. The van der Waals surface area contributed by atoms with Crippen LogP contribution in [0.5, 0.6) is 0 Å². The maximum absolute atomic E-state index is 10.0. The summed E-state index contributed by atoms with van der Waals surface area (Å²) in [6.45, 7) is 0. The molecule has 0 amide bonds. The summed E-state index contributed by atoms with van der Waals surface area (Å²) < 4.78 is 0. The highest BCUT2D eigenvalue weighted by molar-refractivity contribution is 9.09. The smallest absolute Gasteiger partial charge is 0.150 e. The van der Waals surface area contributed by atoms with Gasteiger partial charge in [0.2, 0.25) is 0 Å². The van der Waals surface area contributed by atoms with Crippen LogP contribution in [0.25, 0.3) is 6.08 Å². The van der Waals surface area contributed by atoms with E-state index in [1.165, 1.54) is 6.08 Å². The van der Waals surface area contributed by atoms with Crippen molar-refractivity contribution in [3.05, 3.63) is 77.9 Å². The fourth-order valence-corrected chi connectivity index (χ4v) is 1.23. The van der Waals surface area contributed by atoms with Crippen molar-refractivity contribution in [2.75, 3.05) is 5.33 Å². The first-order valence-corrected chi connectivity index (χ1v) is 7.45.